The summed E-state index contributed by atoms with van der Waals surface area (Å²) >= 11 is 0. The van der Waals surface area contributed by atoms with Crippen LogP contribution in [0.15, 0.2) is 11.2 Å². The predicted octanol–water partition coefficient (Wildman–Crippen LogP) is -0.432. The molecule has 0 aliphatic carbocycles. The second-order valence-corrected chi connectivity index (χ2v) is 5.28. The summed E-state index contributed by atoms with van der Waals surface area (Å²) in [6.07, 6.45) is 1.25. The minimum Gasteiger partial charge on any atom is -0.387 e. The average molecular weight is 245 g/mol. The molecule has 0 aliphatic heterocycles. The molecule has 0 saturated heterocycles. The highest BCUT2D eigenvalue weighted by Gasteiger charge is 2.17. The Hall–Kier alpha value is -1.41. The molecule has 0 spiro atoms. The van der Waals surface area contributed by atoms with Crippen LogP contribution in [0, 0.1) is 18.3 Å². The van der Waals surface area contributed by atoms with Crippen LogP contribution in [0.5, 0.6) is 0 Å². The van der Waals surface area contributed by atoms with Gasteiger partial charge in [0.1, 0.15) is 5.82 Å². The molecule has 1 aromatic rings. The van der Waals surface area contributed by atoms with Gasteiger partial charge < -0.3 is 10.7 Å². The van der Waals surface area contributed by atoms with Gasteiger partial charge in [-0.15, -0.1) is 0 Å². The van der Waals surface area contributed by atoms with Crippen LogP contribution in [0.25, 0.3) is 0 Å². The highest BCUT2D eigenvalue weighted by molar-refractivity contribution is 7.89. The van der Waals surface area contributed by atoms with Crippen molar-refractivity contribution in [2.75, 3.05) is 6.54 Å². The van der Waals surface area contributed by atoms with Gasteiger partial charge in [-0.3, -0.25) is 5.41 Å². The maximum Gasteiger partial charge on any atom is 0.257 e. The topological polar surface area (TPSA) is 125 Å². The maximum absolute atomic E-state index is 11.7. The Morgan fingerprint density at radius 2 is 2.38 bits per heavy atom. The van der Waals surface area contributed by atoms with Gasteiger partial charge in [-0.25, -0.2) is 18.1 Å². The maximum atomic E-state index is 11.7. The van der Waals surface area contributed by atoms with E-state index >= 15 is 0 Å². The summed E-state index contributed by atoms with van der Waals surface area (Å²) in [6.45, 7) is 3.43. The Bertz CT molecular complexity index is 478. The van der Waals surface area contributed by atoms with Crippen molar-refractivity contribution in [1.29, 1.82) is 5.41 Å². The first-order chi connectivity index (χ1) is 7.33. The van der Waals surface area contributed by atoms with Crippen LogP contribution in [-0.4, -0.2) is 30.8 Å². The van der Waals surface area contributed by atoms with Gasteiger partial charge in [0.05, 0.1) is 12.0 Å². The van der Waals surface area contributed by atoms with Crippen molar-refractivity contribution in [2.24, 2.45) is 11.7 Å². The summed E-state index contributed by atoms with van der Waals surface area (Å²) in [6, 6.07) is 0. The first-order valence-electron chi connectivity index (χ1n) is 4.68. The minimum atomic E-state index is -3.59. The molecule has 0 aromatic carbocycles. The molecule has 1 rings (SSSR count). The fraction of sp³-hybridized carbons (Fsp3) is 0.500. The highest BCUT2D eigenvalue weighted by atomic mass is 32.2. The summed E-state index contributed by atoms with van der Waals surface area (Å²) in [7, 11) is -3.59. The van der Waals surface area contributed by atoms with Crippen LogP contribution in [0.3, 0.4) is 0 Å². The van der Waals surface area contributed by atoms with Crippen molar-refractivity contribution >= 4 is 15.9 Å². The Balaban J connectivity index is 2.70. The van der Waals surface area contributed by atoms with Gasteiger partial charge in [-0.05, 0) is 6.92 Å². The first kappa shape index (κ1) is 12.7. The molecule has 1 unspecified atom stereocenters. The van der Waals surface area contributed by atoms with Crippen molar-refractivity contribution in [2.45, 2.75) is 18.9 Å². The van der Waals surface area contributed by atoms with E-state index in [1.807, 2.05) is 0 Å². The fourth-order valence-corrected chi connectivity index (χ4v) is 2.06. The lowest BCUT2D eigenvalue weighted by Gasteiger charge is -2.10. The minimum absolute atomic E-state index is 0.0146. The molecule has 1 heterocycles. The van der Waals surface area contributed by atoms with Gasteiger partial charge in [-0.1, -0.05) is 6.92 Å². The fourth-order valence-electron chi connectivity index (χ4n) is 0.957. The monoisotopic (exact) mass is 245 g/mol. The normalized spacial score (nSPS) is 13.6. The van der Waals surface area contributed by atoms with Crippen molar-refractivity contribution in [1.82, 2.24) is 14.7 Å². The molecule has 0 aliphatic rings. The van der Waals surface area contributed by atoms with Crippen molar-refractivity contribution in [3.63, 3.8) is 0 Å². The van der Waals surface area contributed by atoms with Gasteiger partial charge in [-0.2, -0.15) is 0 Å². The Kier molecular flexibility index (Phi) is 3.66. The van der Waals surface area contributed by atoms with Gasteiger partial charge in [0.2, 0.25) is 0 Å². The molecule has 7 nitrogen and oxygen atoms in total. The summed E-state index contributed by atoms with van der Waals surface area (Å²) < 4.78 is 25.7. The Morgan fingerprint density at radius 1 is 1.75 bits per heavy atom. The molecular weight excluding hydrogens is 230 g/mol. The number of hydrogen-bond acceptors (Lipinski definition) is 4. The van der Waals surface area contributed by atoms with Gasteiger partial charge >= 0.3 is 0 Å². The van der Waals surface area contributed by atoms with Gasteiger partial charge in [0.25, 0.3) is 10.0 Å². The van der Waals surface area contributed by atoms with Crippen molar-refractivity contribution in [3.8, 4) is 0 Å². The predicted molar refractivity (Wildman–Crippen MR) is 59.6 cm³/mol. The van der Waals surface area contributed by atoms with Crippen molar-refractivity contribution in [3.05, 3.63) is 12.0 Å². The molecule has 0 saturated carbocycles. The van der Waals surface area contributed by atoms with Crippen LogP contribution < -0.4 is 10.5 Å². The molecule has 0 fully saturated rings. The summed E-state index contributed by atoms with van der Waals surface area (Å²) in [4.78, 5) is 6.43. The number of nitrogens with zero attached hydrogens (tertiary/aromatic N) is 1. The Morgan fingerprint density at radius 3 is 2.81 bits per heavy atom. The summed E-state index contributed by atoms with van der Waals surface area (Å²) in [5.74, 6) is 0.141. The molecule has 90 valence electrons. The molecule has 8 heteroatoms. The molecule has 5 N–H and O–H groups in total. The number of aromatic amines is 1. The summed E-state index contributed by atoms with van der Waals surface area (Å²) in [5, 5.41) is 7.15. The lowest BCUT2D eigenvalue weighted by Crippen LogP contribution is -2.34. The van der Waals surface area contributed by atoms with Crippen LogP contribution in [0.2, 0.25) is 0 Å². The lowest BCUT2D eigenvalue weighted by atomic mass is 10.2. The quantitative estimate of drug-likeness (QED) is 0.415. The number of nitrogens with two attached hydrogens (primary N) is 1. The zero-order valence-corrected chi connectivity index (χ0v) is 9.93. The van der Waals surface area contributed by atoms with Crippen LogP contribution >= 0.6 is 0 Å². The number of aryl methyl sites for hydroxylation is 1. The molecule has 16 heavy (non-hydrogen) atoms. The van der Waals surface area contributed by atoms with E-state index in [2.05, 4.69) is 14.7 Å². The molecule has 1 aromatic heterocycles. The third-order valence-electron chi connectivity index (χ3n) is 2.08. The standard InChI is InChI=1S/C8H15N5O2S/c1-5(8(9)10)3-12-16(14,15)7-4-11-6(2)13-7/h4-5,12H,3H2,1-2H3,(H3,9,10)(H,11,13). The number of imidazole rings is 1. The number of rotatable bonds is 5. The largest absolute Gasteiger partial charge is 0.387 e. The third kappa shape index (κ3) is 3.04. The SMILES string of the molecule is Cc1ncc(S(=O)(=O)NCC(C)C(=N)N)[nH]1. The van der Waals surface area contributed by atoms with Gasteiger partial charge in [0, 0.05) is 12.5 Å². The highest BCUT2D eigenvalue weighted by Crippen LogP contribution is 2.05. The zero-order valence-electron chi connectivity index (χ0n) is 9.11. The van der Waals surface area contributed by atoms with E-state index in [9.17, 15) is 8.42 Å². The zero-order chi connectivity index (χ0) is 12.3. The Labute approximate surface area is 94.0 Å². The van der Waals surface area contributed by atoms with Crippen LogP contribution in [0.1, 0.15) is 12.7 Å². The molecule has 0 amide bonds. The smallest absolute Gasteiger partial charge is 0.257 e. The third-order valence-corrected chi connectivity index (χ3v) is 3.41. The van der Waals surface area contributed by atoms with E-state index in [-0.39, 0.29) is 23.3 Å². The number of hydrogen-bond donors (Lipinski definition) is 4. The number of amidine groups is 1. The van der Waals surface area contributed by atoms with E-state index in [1.54, 1.807) is 13.8 Å². The lowest BCUT2D eigenvalue weighted by molar-refractivity contribution is 0.571. The summed E-state index contributed by atoms with van der Waals surface area (Å²) in [5.41, 5.74) is 5.24. The van der Waals surface area contributed by atoms with E-state index in [4.69, 9.17) is 11.1 Å². The van der Waals surface area contributed by atoms with Gasteiger partial charge in [0.15, 0.2) is 5.03 Å². The van der Waals surface area contributed by atoms with E-state index < -0.39 is 10.0 Å². The second kappa shape index (κ2) is 4.62. The van der Waals surface area contributed by atoms with E-state index in [0.29, 0.717) is 5.82 Å². The van der Waals surface area contributed by atoms with Crippen LogP contribution in [0.4, 0.5) is 0 Å². The average Bonchev–Trinajstić information content (AvgIpc) is 2.61. The number of H-pyrrole nitrogens is 1. The molecule has 0 bridgehead atoms. The van der Waals surface area contributed by atoms with E-state index in [0.717, 1.165) is 0 Å². The molecular formula is C8H15N5O2S. The number of aromatic nitrogens is 2. The second-order valence-electron chi connectivity index (χ2n) is 3.54. The molecule has 0 radical (unpaired) electrons. The van der Waals surface area contributed by atoms with Crippen molar-refractivity contribution < 1.29 is 8.42 Å². The van der Waals surface area contributed by atoms with E-state index in [1.165, 1.54) is 6.20 Å². The molecule has 1 atom stereocenters. The first-order valence-corrected chi connectivity index (χ1v) is 6.16. The van der Waals surface area contributed by atoms with Crippen LogP contribution in [-0.2, 0) is 10.0 Å². The number of sulfonamides is 1. The number of nitrogens with one attached hydrogen (secondary N) is 3.